The molecule has 1 saturated heterocycles. The summed E-state index contributed by atoms with van der Waals surface area (Å²) in [4.78, 5) is 14.3. The van der Waals surface area contributed by atoms with Crippen molar-refractivity contribution in [3.63, 3.8) is 0 Å². The Morgan fingerprint density at radius 2 is 1.91 bits per heavy atom. The second-order valence-electron chi connectivity index (χ2n) is 6.07. The lowest BCUT2D eigenvalue weighted by Crippen LogP contribution is -2.35. The van der Waals surface area contributed by atoms with Crippen LogP contribution in [0.15, 0.2) is 29.2 Å². The van der Waals surface area contributed by atoms with E-state index in [0.29, 0.717) is 25.2 Å². The van der Waals surface area contributed by atoms with E-state index in [1.165, 1.54) is 10.4 Å². The van der Waals surface area contributed by atoms with E-state index in [-0.39, 0.29) is 10.8 Å². The Bertz CT molecular complexity index is 637. The molecule has 6 heteroatoms. The summed E-state index contributed by atoms with van der Waals surface area (Å²) in [6.45, 7) is 3.89. The number of sulfonamides is 1. The molecule has 0 N–H and O–H groups in total. The van der Waals surface area contributed by atoms with E-state index in [2.05, 4.69) is 6.92 Å². The summed E-state index contributed by atoms with van der Waals surface area (Å²) in [7, 11) is -1.74. The minimum Gasteiger partial charge on any atom is -0.342 e. The van der Waals surface area contributed by atoms with Crippen molar-refractivity contribution in [2.75, 3.05) is 26.7 Å². The van der Waals surface area contributed by atoms with E-state index in [0.717, 1.165) is 32.1 Å². The van der Waals surface area contributed by atoms with Gasteiger partial charge >= 0.3 is 0 Å². The van der Waals surface area contributed by atoms with Crippen LogP contribution in [-0.4, -0.2) is 50.2 Å². The maximum atomic E-state index is 12.7. The summed E-state index contributed by atoms with van der Waals surface area (Å²) in [6, 6.07) is 6.42. The molecule has 128 valence electrons. The monoisotopic (exact) mass is 338 g/mol. The summed E-state index contributed by atoms with van der Waals surface area (Å²) < 4.78 is 26.9. The summed E-state index contributed by atoms with van der Waals surface area (Å²) in [5, 5.41) is 0. The summed E-state index contributed by atoms with van der Waals surface area (Å²) >= 11 is 0. The zero-order valence-corrected chi connectivity index (χ0v) is 14.8. The largest absolute Gasteiger partial charge is 0.342 e. The number of carbonyl (C=O) groups excluding carboxylic acids is 1. The van der Waals surface area contributed by atoms with E-state index in [4.69, 9.17) is 0 Å². The standard InChI is InChI=1S/C17H26N2O3S/c1-3-4-11-18(2)17(20)15-9-8-10-16(14-15)23(21,22)19-12-6-5-7-13-19/h8-10,14H,3-7,11-13H2,1-2H3. The van der Waals surface area contributed by atoms with Gasteiger partial charge in [0.15, 0.2) is 0 Å². The lowest BCUT2D eigenvalue weighted by atomic mass is 10.2. The SMILES string of the molecule is CCCCN(C)C(=O)c1cccc(S(=O)(=O)N2CCCCC2)c1. The minimum absolute atomic E-state index is 0.130. The van der Waals surface area contributed by atoms with E-state index < -0.39 is 10.0 Å². The first kappa shape index (κ1) is 17.9. The topological polar surface area (TPSA) is 57.7 Å². The van der Waals surface area contributed by atoms with Crippen LogP contribution in [0.5, 0.6) is 0 Å². The summed E-state index contributed by atoms with van der Waals surface area (Å²) in [6.07, 6.45) is 4.83. The number of carbonyl (C=O) groups is 1. The summed E-state index contributed by atoms with van der Waals surface area (Å²) in [5.74, 6) is -0.130. The average molecular weight is 338 g/mol. The highest BCUT2D eigenvalue weighted by molar-refractivity contribution is 7.89. The van der Waals surface area contributed by atoms with Crippen LogP contribution in [0.2, 0.25) is 0 Å². The van der Waals surface area contributed by atoms with Gasteiger partial charge in [-0.3, -0.25) is 4.79 Å². The van der Waals surface area contributed by atoms with Gasteiger partial charge in [-0.05, 0) is 37.5 Å². The fourth-order valence-electron chi connectivity index (χ4n) is 2.76. The number of amides is 1. The molecule has 23 heavy (non-hydrogen) atoms. The Hall–Kier alpha value is -1.40. The normalized spacial score (nSPS) is 16.3. The van der Waals surface area contributed by atoms with Crippen molar-refractivity contribution in [3.8, 4) is 0 Å². The maximum absolute atomic E-state index is 12.7. The van der Waals surface area contributed by atoms with Crippen LogP contribution < -0.4 is 0 Å². The van der Waals surface area contributed by atoms with Crippen LogP contribution in [0.25, 0.3) is 0 Å². The van der Waals surface area contributed by atoms with Crippen LogP contribution in [0, 0.1) is 0 Å². The molecular weight excluding hydrogens is 312 g/mol. The molecule has 1 aliphatic heterocycles. The third-order valence-corrected chi connectivity index (χ3v) is 6.12. The molecule has 0 radical (unpaired) electrons. The molecule has 1 aromatic carbocycles. The number of hydrogen-bond acceptors (Lipinski definition) is 3. The zero-order chi connectivity index (χ0) is 16.9. The molecule has 0 spiro atoms. The molecule has 2 rings (SSSR count). The van der Waals surface area contributed by atoms with Gasteiger partial charge in [0.25, 0.3) is 5.91 Å². The quantitative estimate of drug-likeness (QED) is 0.801. The molecule has 1 aliphatic rings. The molecule has 1 heterocycles. The number of hydrogen-bond donors (Lipinski definition) is 0. The predicted octanol–water partition coefficient (Wildman–Crippen LogP) is 2.73. The van der Waals surface area contributed by atoms with Gasteiger partial charge in [0.1, 0.15) is 0 Å². The Labute approximate surface area is 139 Å². The molecule has 5 nitrogen and oxygen atoms in total. The molecular formula is C17H26N2O3S. The minimum atomic E-state index is -3.50. The van der Waals surface area contributed by atoms with E-state index in [1.807, 2.05) is 0 Å². The Balaban J connectivity index is 2.20. The van der Waals surface area contributed by atoms with Gasteiger partial charge in [-0.2, -0.15) is 4.31 Å². The highest BCUT2D eigenvalue weighted by atomic mass is 32.2. The molecule has 0 bridgehead atoms. The van der Waals surface area contributed by atoms with Gasteiger partial charge in [-0.25, -0.2) is 8.42 Å². The van der Waals surface area contributed by atoms with Crippen molar-refractivity contribution in [3.05, 3.63) is 29.8 Å². The third kappa shape index (κ3) is 4.32. The second-order valence-corrected chi connectivity index (χ2v) is 8.01. The van der Waals surface area contributed by atoms with Crippen molar-refractivity contribution in [1.82, 2.24) is 9.21 Å². The number of nitrogens with zero attached hydrogens (tertiary/aromatic N) is 2. The number of unbranched alkanes of at least 4 members (excludes halogenated alkanes) is 1. The smallest absolute Gasteiger partial charge is 0.253 e. The van der Waals surface area contributed by atoms with E-state index in [1.54, 1.807) is 30.1 Å². The predicted molar refractivity (Wildman–Crippen MR) is 90.9 cm³/mol. The van der Waals surface area contributed by atoms with Gasteiger partial charge in [0, 0.05) is 32.2 Å². The molecule has 0 atom stereocenters. The maximum Gasteiger partial charge on any atom is 0.253 e. The average Bonchev–Trinajstić information content (AvgIpc) is 2.59. The second kappa shape index (κ2) is 7.93. The lowest BCUT2D eigenvalue weighted by Gasteiger charge is -2.26. The molecule has 1 fully saturated rings. The molecule has 0 unspecified atom stereocenters. The molecule has 0 aliphatic carbocycles. The molecule has 0 saturated carbocycles. The van der Waals surface area contributed by atoms with Crippen molar-refractivity contribution < 1.29 is 13.2 Å². The van der Waals surface area contributed by atoms with E-state index >= 15 is 0 Å². The van der Waals surface area contributed by atoms with Crippen LogP contribution in [-0.2, 0) is 10.0 Å². The first-order valence-corrected chi connectivity index (χ1v) is 9.76. The van der Waals surface area contributed by atoms with Crippen LogP contribution in [0.1, 0.15) is 49.4 Å². The first-order chi connectivity index (χ1) is 11.0. The fraction of sp³-hybridized carbons (Fsp3) is 0.588. The lowest BCUT2D eigenvalue weighted by molar-refractivity contribution is 0.0793. The Morgan fingerprint density at radius 3 is 2.57 bits per heavy atom. The van der Waals surface area contributed by atoms with Gasteiger partial charge in [-0.1, -0.05) is 25.8 Å². The number of piperidine rings is 1. The molecule has 1 amide bonds. The van der Waals surface area contributed by atoms with Crippen LogP contribution >= 0.6 is 0 Å². The Morgan fingerprint density at radius 1 is 1.22 bits per heavy atom. The van der Waals surface area contributed by atoms with Gasteiger partial charge in [0.05, 0.1) is 4.90 Å². The van der Waals surface area contributed by atoms with Gasteiger partial charge in [0.2, 0.25) is 10.0 Å². The van der Waals surface area contributed by atoms with Gasteiger partial charge < -0.3 is 4.90 Å². The number of benzene rings is 1. The van der Waals surface area contributed by atoms with Crippen molar-refractivity contribution >= 4 is 15.9 Å². The van der Waals surface area contributed by atoms with Crippen LogP contribution in [0.4, 0.5) is 0 Å². The van der Waals surface area contributed by atoms with E-state index in [9.17, 15) is 13.2 Å². The summed E-state index contributed by atoms with van der Waals surface area (Å²) in [5.41, 5.74) is 0.432. The number of rotatable bonds is 6. The zero-order valence-electron chi connectivity index (χ0n) is 14.0. The Kier molecular flexibility index (Phi) is 6.18. The van der Waals surface area contributed by atoms with Crippen molar-refractivity contribution in [2.45, 2.75) is 43.9 Å². The van der Waals surface area contributed by atoms with Crippen molar-refractivity contribution in [2.24, 2.45) is 0 Å². The highest BCUT2D eigenvalue weighted by Gasteiger charge is 2.26. The third-order valence-electron chi connectivity index (χ3n) is 4.23. The van der Waals surface area contributed by atoms with Crippen molar-refractivity contribution in [1.29, 1.82) is 0 Å². The van der Waals surface area contributed by atoms with Crippen LogP contribution in [0.3, 0.4) is 0 Å². The van der Waals surface area contributed by atoms with Gasteiger partial charge in [-0.15, -0.1) is 0 Å². The molecule has 0 aromatic heterocycles. The highest BCUT2D eigenvalue weighted by Crippen LogP contribution is 2.21. The molecule has 1 aromatic rings. The fourth-order valence-corrected chi connectivity index (χ4v) is 4.32. The first-order valence-electron chi connectivity index (χ1n) is 8.32.